The smallest absolute Gasteiger partial charge is 0.308 e. The van der Waals surface area contributed by atoms with Gasteiger partial charge >= 0.3 is 5.97 Å². The largest absolute Gasteiger partial charge is 0.493 e. The van der Waals surface area contributed by atoms with Crippen LogP contribution >= 0.6 is 11.3 Å². The molecule has 0 saturated heterocycles. The van der Waals surface area contributed by atoms with E-state index in [1.54, 1.807) is 48.8 Å². The van der Waals surface area contributed by atoms with Crippen molar-refractivity contribution in [2.75, 3.05) is 7.11 Å². The second-order valence-electron chi connectivity index (χ2n) is 5.79. The predicted molar refractivity (Wildman–Crippen MR) is 103 cm³/mol. The minimum atomic E-state index is -0.438. The molecule has 8 nitrogen and oxygen atoms in total. The van der Waals surface area contributed by atoms with Gasteiger partial charge in [0.25, 0.3) is 5.56 Å². The molecule has 4 aromatic rings. The molecule has 0 saturated carbocycles. The zero-order chi connectivity index (χ0) is 19.7. The molecule has 3 aromatic heterocycles. The van der Waals surface area contributed by atoms with Crippen LogP contribution in [0.5, 0.6) is 11.5 Å². The van der Waals surface area contributed by atoms with E-state index in [9.17, 15) is 9.59 Å². The van der Waals surface area contributed by atoms with Crippen LogP contribution < -0.4 is 19.6 Å². The van der Waals surface area contributed by atoms with Gasteiger partial charge in [-0.25, -0.2) is 0 Å². The number of rotatable bonds is 4. The molecular weight excluding hydrogens is 380 g/mol. The highest BCUT2D eigenvalue weighted by Crippen LogP contribution is 2.28. The molecule has 0 aliphatic heterocycles. The molecule has 1 aromatic carbocycles. The summed E-state index contributed by atoms with van der Waals surface area (Å²) >= 11 is 1.24. The Hall–Kier alpha value is -3.59. The van der Waals surface area contributed by atoms with Gasteiger partial charge in [0.05, 0.1) is 11.6 Å². The molecule has 0 spiro atoms. The summed E-state index contributed by atoms with van der Waals surface area (Å²) in [5, 5.41) is 4.30. The number of thiazole rings is 1. The van der Waals surface area contributed by atoms with E-state index in [1.165, 1.54) is 29.9 Å². The molecule has 3 heterocycles. The summed E-state index contributed by atoms with van der Waals surface area (Å²) in [6.07, 6.45) is 5.01. The molecule has 0 amide bonds. The number of hydrogen-bond acceptors (Lipinski definition) is 8. The van der Waals surface area contributed by atoms with E-state index < -0.39 is 5.97 Å². The molecule has 0 radical (unpaired) electrons. The maximum atomic E-state index is 12.7. The van der Waals surface area contributed by atoms with Crippen molar-refractivity contribution in [1.82, 2.24) is 19.6 Å². The fraction of sp³-hybridized carbons (Fsp3) is 0.105. The monoisotopic (exact) mass is 394 g/mol. The van der Waals surface area contributed by atoms with Crippen molar-refractivity contribution < 1.29 is 14.3 Å². The summed E-state index contributed by atoms with van der Waals surface area (Å²) in [6, 6.07) is 8.62. The highest BCUT2D eigenvalue weighted by atomic mass is 32.1. The van der Waals surface area contributed by atoms with Gasteiger partial charge in [0.1, 0.15) is 0 Å². The third-order valence-corrected chi connectivity index (χ3v) is 4.82. The normalized spacial score (nSPS) is 11.7. The molecule has 0 aliphatic carbocycles. The van der Waals surface area contributed by atoms with E-state index in [4.69, 9.17) is 9.47 Å². The third kappa shape index (κ3) is 3.35. The third-order valence-electron chi connectivity index (χ3n) is 3.86. The van der Waals surface area contributed by atoms with Crippen LogP contribution in [-0.2, 0) is 4.79 Å². The van der Waals surface area contributed by atoms with Crippen LogP contribution in [-0.4, -0.2) is 32.7 Å². The van der Waals surface area contributed by atoms with Crippen molar-refractivity contribution in [3.63, 3.8) is 0 Å². The Labute approximate surface area is 162 Å². The second-order valence-corrected chi connectivity index (χ2v) is 6.79. The number of benzene rings is 1. The lowest BCUT2D eigenvalue weighted by molar-refractivity contribution is -0.132. The molecular formula is C19H14N4O4S. The lowest BCUT2D eigenvalue weighted by Crippen LogP contribution is -2.23. The van der Waals surface area contributed by atoms with Gasteiger partial charge in [0.2, 0.25) is 4.96 Å². The van der Waals surface area contributed by atoms with Gasteiger partial charge in [-0.1, -0.05) is 17.4 Å². The molecule has 4 rings (SSSR count). The van der Waals surface area contributed by atoms with Crippen molar-refractivity contribution >= 4 is 28.3 Å². The number of methoxy groups -OCH3 is 1. The highest BCUT2D eigenvalue weighted by Gasteiger charge is 2.12. The maximum Gasteiger partial charge on any atom is 0.308 e. The molecule has 0 N–H and O–H groups in total. The summed E-state index contributed by atoms with van der Waals surface area (Å²) in [5.41, 5.74) is 1.26. The van der Waals surface area contributed by atoms with Crippen molar-refractivity contribution in [3.8, 4) is 22.9 Å². The topological polar surface area (TPSA) is 95.7 Å². The quantitative estimate of drug-likeness (QED) is 0.384. The van der Waals surface area contributed by atoms with Crippen LogP contribution in [0.4, 0.5) is 0 Å². The SMILES string of the molecule is COc1cc(/C=c2/sc3nc(-c4ccncc4)nn3c2=O)ccc1OC(C)=O. The summed E-state index contributed by atoms with van der Waals surface area (Å²) in [7, 11) is 1.48. The lowest BCUT2D eigenvalue weighted by atomic mass is 10.2. The van der Waals surface area contributed by atoms with Gasteiger partial charge in [-0.3, -0.25) is 14.6 Å². The average Bonchev–Trinajstić information content (AvgIpc) is 3.23. The minimum Gasteiger partial charge on any atom is -0.493 e. The number of pyridine rings is 1. The maximum absolute atomic E-state index is 12.7. The van der Waals surface area contributed by atoms with Gasteiger partial charge < -0.3 is 9.47 Å². The Bertz CT molecular complexity index is 1280. The molecule has 140 valence electrons. The summed E-state index contributed by atoms with van der Waals surface area (Å²) < 4.78 is 12.1. The molecule has 0 aliphatic rings. The Morgan fingerprint density at radius 1 is 1.18 bits per heavy atom. The van der Waals surface area contributed by atoms with Gasteiger partial charge in [-0.2, -0.15) is 9.50 Å². The van der Waals surface area contributed by atoms with E-state index in [0.29, 0.717) is 26.8 Å². The first-order valence-corrected chi connectivity index (χ1v) is 9.05. The molecule has 0 bridgehead atoms. The molecule has 0 fully saturated rings. The fourth-order valence-corrected chi connectivity index (χ4v) is 3.53. The number of carbonyl (C=O) groups excluding carboxylic acids is 1. The van der Waals surface area contributed by atoms with Gasteiger partial charge in [-0.15, -0.1) is 5.10 Å². The van der Waals surface area contributed by atoms with Crippen molar-refractivity contribution in [1.29, 1.82) is 0 Å². The molecule has 9 heteroatoms. The van der Waals surface area contributed by atoms with E-state index in [1.807, 2.05) is 0 Å². The van der Waals surface area contributed by atoms with Crippen molar-refractivity contribution in [2.45, 2.75) is 6.92 Å². The number of carbonyl (C=O) groups is 1. The summed E-state index contributed by atoms with van der Waals surface area (Å²) in [6.45, 7) is 1.32. The zero-order valence-electron chi connectivity index (χ0n) is 14.9. The first-order chi connectivity index (χ1) is 13.5. The van der Waals surface area contributed by atoms with E-state index in [2.05, 4.69) is 15.1 Å². The number of hydrogen-bond donors (Lipinski definition) is 0. The van der Waals surface area contributed by atoms with Crippen LogP contribution in [0.3, 0.4) is 0 Å². The van der Waals surface area contributed by atoms with Crippen LogP contribution in [0.1, 0.15) is 12.5 Å². The first-order valence-electron chi connectivity index (χ1n) is 8.23. The van der Waals surface area contributed by atoms with Crippen LogP contribution in [0, 0.1) is 0 Å². The van der Waals surface area contributed by atoms with E-state index >= 15 is 0 Å². The van der Waals surface area contributed by atoms with E-state index in [-0.39, 0.29) is 5.56 Å². The standard InChI is InChI=1S/C19H14N4O4S/c1-11(24)27-14-4-3-12(9-15(14)26-2)10-16-18(25)23-19(28-16)21-17(22-23)13-5-7-20-8-6-13/h3-10H,1-2H3/b16-10+. The average molecular weight is 394 g/mol. The molecule has 0 unspecified atom stereocenters. The van der Waals surface area contributed by atoms with Crippen molar-refractivity contribution in [2.24, 2.45) is 0 Å². The first kappa shape index (κ1) is 17.8. The highest BCUT2D eigenvalue weighted by molar-refractivity contribution is 7.15. The van der Waals surface area contributed by atoms with Crippen LogP contribution in [0.2, 0.25) is 0 Å². The number of fused-ring (bicyclic) bond motifs is 1. The predicted octanol–water partition coefficient (Wildman–Crippen LogP) is 1.69. The fourth-order valence-electron chi connectivity index (χ4n) is 2.62. The van der Waals surface area contributed by atoms with Crippen LogP contribution in [0.15, 0.2) is 47.5 Å². The summed E-state index contributed by atoms with van der Waals surface area (Å²) in [5.74, 6) is 0.757. The number of aromatic nitrogens is 4. The Kier molecular flexibility index (Phi) is 4.58. The minimum absolute atomic E-state index is 0.254. The zero-order valence-corrected chi connectivity index (χ0v) is 15.8. The van der Waals surface area contributed by atoms with Crippen LogP contribution in [0.25, 0.3) is 22.4 Å². The van der Waals surface area contributed by atoms with Gasteiger partial charge in [0.15, 0.2) is 17.3 Å². The second kappa shape index (κ2) is 7.20. The van der Waals surface area contributed by atoms with Crippen molar-refractivity contribution in [3.05, 3.63) is 63.2 Å². The Morgan fingerprint density at radius 2 is 1.96 bits per heavy atom. The lowest BCUT2D eigenvalue weighted by Gasteiger charge is -2.08. The Balaban J connectivity index is 1.74. The number of esters is 1. The van der Waals surface area contributed by atoms with E-state index in [0.717, 1.165) is 11.1 Å². The molecule has 0 atom stereocenters. The van der Waals surface area contributed by atoms with Gasteiger partial charge in [-0.05, 0) is 35.9 Å². The number of nitrogens with zero attached hydrogens (tertiary/aromatic N) is 4. The Morgan fingerprint density at radius 3 is 2.64 bits per heavy atom. The molecule has 28 heavy (non-hydrogen) atoms. The summed E-state index contributed by atoms with van der Waals surface area (Å²) in [4.78, 5) is 32.7. The number of ether oxygens (including phenoxy) is 2. The van der Waals surface area contributed by atoms with Gasteiger partial charge in [0, 0.05) is 24.9 Å².